The molecule has 1 N–H and O–H groups in total. The molecule has 2 aromatic rings. The lowest BCUT2D eigenvalue weighted by Crippen LogP contribution is -2.21. The van der Waals surface area contributed by atoms with Crippen molar-refractivity contribution in [2.75, 3.05) is 11.9 Å². The molecule has 0 atom stereocenters. The number of nitrogens with one attached hydrogen (secondary N) is 1. The summed E-state index contributed by atoms with van der Waals surface area (Å²) in [6.45, 7) is 1.20. The van der Waals surface area contributed by atoms with E-state index < -0.39 is 24.3 Å². The second-order valence-electron chi connectivity index (χ2n) is 4.57. The number of ether oxygens (including phenoxy) is 1. The molecule has 0 aromatic heterocycles. The molecule has 4 nitrogen and oxygen atoms in total. The van der Waals surface area contributed by atoms with E-state index in [1.807, 2.05) is 22.6 Å². The van der Waals surface area contributed by atoms with Gasteiger partial charge in [-0.1, -0.05) is 18.2 Å². The van der Waals surface area contributed by atoms with Gasteiger partial charge < -0.3 is 10.1 Å². The van der Waals surface area contributed by atoms with Crippen molar-refractivity contribution < 1.29 is 18.7 Å². The molecule has 0 spiro atoms. The van der Waals surface area contributed by atoms with Gasteiger partial charge in [-0.2, -0.15) is 0 Å². The Morgan fingerprint density at radius 2 is 1.95 bits per heavy atom. The van der Waals surface area contributed by atoms with Crippen molar-refractivity contribution in [3.8, 4) is 0 Å². The number of benzene rings is 2. The quantitative estimate of drug-likeness (QED) is 0.617. The molecule has 2 aromatic carbocycles. The van der Waals surface area contributed by atoms with E-state index in [9.17, 15) is 14.0 Å². The minimum Gasteiger partial charge on any atom is -0.452 e. The smallest absolute Gasteiger partial charge is 0.339 e. The van der Waals surface area contributed by atoms with Gasteiger partial charge in [-0.25, -0.2) is 9.18 Å². The third-order valence-electron chi connectivity index (χ3n) is 2.88. The molecule has 1 amide bonds. The summed E-state index contributed by atoms with van der Waals surface area (Å²) in [4.78, 5) is 23.6. The van der Waals surface area contributed by atoms with Crippen LogP contribution in [0.25, 0.3) is 0 Å². The standard InChI is InChI=1S/C16H13FINO3/c1-10-6-7-11(8-13(10)17)19-15(20)9-22-16(21)12-4-2-3-5-14(12)18/h2-8H,9H2,1H3,(H,19,20). The lowest BCUT2D eigenvalue weighted by molar-refractivity contribution is -0.119. The Balaban J connectivity index is 1.91. The Hall–Kier alpha value is -1.96. The van der Waals surface area contributed by atoms with E-state index in [1.165, 1.54) is 6.07 Å². The highest BCUT2D eigenvalue weighted by Gasteiger charge is 2.13. The average molecular weight is 413 g/mol. The van der Waals surface area contributed by atoms with Gasteiger partial charge in [0.05, 0.1) is 5.56 Å². The van der Waals surface area contributed by atoms with Gasteiger partial charge in [-0.05, 0) is 59.3 Å². The predicted molar refractivity (Wildman–Crippen MR) is 89.2 cm³/mol. The van der Waals surface area contributed by atoms with E-state index >= 15 is 0 Å². The first-order chi connectivity index (χ1) is 10.5. The minimum absolute atomic E-state index is 0.318. The number of amides is 1. The number of aryl methyl sites for hydroxylation is 1. The first-order valence-corrected chi connectivity index (χ1v) is 7.53. The molecular formula is C16H13FINO3. The minimum atomic E-state index is -0.574. The van der Waals surface area contributed by atoms with Crippen LogP contribution in [0.1, 0.15) is 15.9 Å². The molecule has 0 unspecified atom stereocenters. The molecule has 0 bridgehead atoms. The number of hydrogen-bond donors (Lipinski definition) is 1. The SMILES string of the molecule is Cc1ccc(NC(=O)COC(=O)c2ccccc2I)cc1F. The molecule has 0 heterocycles. The van der Waals surface area contributed by atoms with Gasteiger partial charge >= 0.3 is 5.97 Å². The highest BCUT2D eigenvalue weighted by atomic mass is 127. The zero-order chi connectivity index (χ0) is 16.1. The van der Waals surface area contributed by atoms with Crippen molar-refractivity contribution in [2.24, 2.45) is 0 Å². The highest BCUT2D eigenvalue weighted by Crippen LogP contribution is 2.14. The maximum atomic E-state index is 13.4. The summed E-state index contributed by atoms with van der Waals surface area (Å²) in [5, 5.41) is 2.47. The van der Waals surface area contributed by atoms with Crippen molar-refractivity contribution in [1.29, 1.82) is 0 Å². The first-order valence-electron chi connectivity index (χ1n) is 6.45. The lowest BCUT2D eigenvalue weighted by Gasteiger charge is -2.08. The van der Waals surface area contributed by atoms with Crippen molar-refractivity contribution >= 4 is 40.2 Å². The Morgan fingerprint density at radius 3 is 2.64 bits per heavy atom. The maximum absolute atomic E-state index is 13.4. The molecule has 0 saturated carbocycles. The molecule has 0 radical (unpaired) electrons. The van der Waals surface area contributed by atoms with Crippen molar-refractivity contribution in [3.63, 3.8) is 0 Å². The fourth-order valence-electron chi connectivity index (χ4n) is 1.70. The van der Waals surface area contributed by atoms with Crippen LogP contribution in [0.15, 0.2) is 42.5 Å². The number of hydrogen-bond acceptors (Lipinski definition) is 3. The van der Waals surface area contributed by atoms with E-state index in [-0.39, 0.29) is 0 Å². The zero-order valence-corrected chi connectivity index (χ0v) is 13.9. The first kappa shape index (κ1) is 16.4. The van der Waals surface area contributed by atoms with E-state index in [1.54, 1.807) is 43.3 Å². The Morgan fingerprint density at radius 1 is 1.23 bits per heavy atom. The van der Waals surface area contributed by atoms with Gasteiger partial charge in [0.25, 0.3) is 5.91 Å². The zero-order valence-electron chi connectivity index (χ0n) is 11.7. The van der Waals surface area contributed by atoms with Crippen LogP contribution in [-0.2, 0) is 9.53 Å². The van der Waals surface area contributed by atoms with Gasteiger partial charge in [0, 0.05) is 9.26 Å². The topological polar surface area (TPSA) is 55.4 Å². The van der Waals surface area contributed by atoms with E-state index in [0.717, 1.165) is 3.57 Å². The summed E-state index contributed by atoms with van der Waals surface area (Å²) in [5.41, 5.74) is 1.21. The van der Waals surface area contributed by atoms with Gasteiger partial charge in [0.15, 0.2) is 6.61 Å². The number of esters is 1. The number of anilines is 1. The summed E-state index contributed by atoms with van der Waals surface area (Å²) in [5.74, 6) is -1.51. The van der Waals surface area contributed by atoms with Crippen molar-refractivity contribution in [3.05, 3.63) is 63.0 Å². The van der Waals surface area contributed by atoms with Gasteiger partial charge in [0.1, 0.15) is 5.82 Å². The molecule has 22 heavy (non-hydrogen) atoms. The monoisotopic (exact) mass is 413 g/mol. The molecule has 0 aliphatic carbocycles. The third-order valence-corrected chi connectivity index (χ3v) is 3.82. The maximum Gasteiger partial charge on any atom is 0.339 e. The van der Waals surface area contributed by atoms with E-state index in [2.05, 4.69) is 5.32 Å². The molecule has 6 heteroatoms. The Bertz CT molecular complexity index is 718. The van der Waals surface area contributed by atoms with Crippen LogP contribution in [-0.4, -0.2) is 18.5 Å². The average Bonchev–Trinajstić information content (AvgIpc) is 2.49. The summed E-state index contributed by atoms with van der Waals surface area (Å²) < 4.78 is 19.1. The van der Waals surface area contributed by atoms with Gasteiger partial charge in [-0.15, -0.1) is 0 Å². The fraction of sp³-hybridized carbons (Fsp3) is 0.125. The third kappa shape index (κ3) is 4.27. The summed E-state index contributed by atoms with van der Waals surface area (Å²) in [7, 11) is 0. The van der Waals surface area contributed by atoms with Crippen molar-refractivity contribution in [1.82, 2.24) is 0 Å². The largest absolute Gasteiger partial charge is 0.452 e. The van der Waals surface area contributed by atoms with Gasteiger partial charge in [0.2, 0.25) is 0 Å². The fourth-order valence-corrected chi connectivity index (χ4v) is 2.31. The molecule has 0 saturated heterocycles. The highest BCUT2D eigenvalue weighted by molar-refractivity contribution is 14.1. The normalized spacial score (nSPS) is 10.1. The molecule has 114 valence electrons. The summed E-state index contributed by atoms with van der Waals surface area (Å²) in [6.07, 6.45) is 0. The van der Waals surface area contributed by atoms with Crippen LogP contribution in [0.5, 0.6) is 0 Å². The van der Waals surface area contributed by atoms with Crippen LogP contribution < -0.4 is 5.32 Å². The summed E-state index contributed by atoms with van der Waals surface area (Å²) in [6, 6.07) is 11.3. The van der Waals surface area contributed by atoms with Crippen LogP contribution in [0.4, 0.5) is 10.1 Å². The van der Waals surface area contributed by atoms with E-state index in [4.69, 9.17) is 4.74 Å². The van der Waals surface area contributed by atoms with Gasteiger partial charge in [-0.3, -0.25) is 4.79 Å². The number of rotatable bonds is 4. The molecule has 0 aliphatic rings. The van der Waals surface area contributed by atoms with Crippen LogP contribution in [0, 0.1) is 16.3 Å². The van der Waals surface area contributed by atoms with Crippen molar-refractivity contribution in [2.45, 2.75) is 6.92 Å². The number of halogens is 2. The van der Waals surface area contributed by atoms with Crippen LogP contribution in [0.3, 0.4) is 0 Å². The Kier molecular flexibility index (Phi) is 5.48. The van der Waals surface area contributed by atoms with E-state index in [0.29, 0.717) is 16.8 Å². The summed E-state index contributed by atoms with van der Waals surface area (Å²) >= 11 is 2.01. The number of carbonyl (C=O) groups excluding carboxylic acids is 2. The molecule has 0 aliphatic heterocycles. The molecular weight excluding hydrogens is 400 g/mol. The van der Waals surface area contributed by atoms with Crippen LogP contribution in [0.2, 0.25) is 0 Å². The molecule has 0 fully saturated rings. The second kappa shape index (κ2) is 7.35. The predicted octanol–water partition coefficient (Wildman–Crippen LogP) is 3.53. The second-order valence-corrected chi connectivity index (χ2v) is 5.73. The Labute approximate surface area is 140 Å². The number of carbonyl (C=O) groups is 2. The van der Waals surface area contributed by atoms with Crippen LogP contribution >= 0.6 is 22.6 Å². The molecule has 2 rings (SSSR count). The lowest BCUT2D eigenvalue weighted by atomic mass is 10.2.